The molecule has 0 aliphatic carbocycles. The van der Waals surface area contributed by atoms with Gasteiger partial charge in [0.25, 0.3) is 11.6 Å². The number of rotatable bonds is 11. The Bertz CT molecular complexity index is 1770. The van der Waals surface area contributed by atoms with Gasteiger partial charge in [0.15, 0.2) is 5.60 Å². The van der Waals surface area contributed by atoms with Crippen LogP contribution in [-0.2, 0) is 37.8 Å². The highest BCUT2D eigenvalue weighted by Gasteiger charge is 2.67. The summed E-state index contributed by atoms with van der Waals surface area (Å²) in [4.78, 5) is 57.3. The van der Waals surface area contributed by atoms with Gasteiger partial charge in [-0.25, -0.2) is 0 Å². The molecule has 0 radical (unpaired) electrons. The lowest BCUT2D eigenvalue weighted by molar-refractivity contribution is -0.385. The molecule has 4 atom stereocenters. The molecule has 2 fully saturated rings. The first kappa shape index (κ1) is 35.4. The number of halogens is 1. The third-order valence-corrected chi connectivity index (χ3v) is 12.8. The Morgan fingerprint density at radius 3 is 2.44 bits per heavy atom. The first-order chi connectivity index (χ1) is 23.8. The van der Waals surface area contributed by atoms with Gasteiger partial charge in [-0.05, 0) is 55.3 Å². The molecule has 3 aliphatic heterocycles. The number of amides is 3. The van der Waals surface area contributed by atoms with Crippen molar-refractivity contribution < 1.29 is 33.3 Å². The number of hydrogen-bond acceptors (Lipinski definition) is 7. The van der Waals surface area contributed by atoms with Gasteiger partial charge in [0.2, 0.25) is 20.2 Å². The Morgan fingerprint density at radius 2 is 1.80 bits per heavy atom. The minimum atomic E-state index is -3.63. The molecule has 13 heteroatoms. The zero-order valence-electron chi connectivity index (χ0n) is 28.6. The molecule has 2 saturated heterocycles. The summed E-state index contributed by atoms with van der Waals surface area (Å²) in [6, 6.07) is 20.9. The molecule has 50 heavy (non-hydrogen) atoms. The average Bonchev–Trinajstić information content (AvgIpc) is 3.51. The second-order valence-corrected chi connectivity index (χ2v) is 17.8. The van der Waals surface area contributed by atoms with Crippen LogP contribution in [0.1, 0.15) is 49.3 Å². The quantitative estimate of drug-likeness (QED) is 0.115. The van der Waals surface area contributed by atoms with E-state index in [9.17, 15) is 29.6 Å². The van der Waals surface area contributed by atoms with Crippen LogP contribution < -0.4 is 9.80 Å². The molecule has 0 aromatic heterocycles. The monoisotopic (exact) mass is 702 g/mol. The molecule has 0 saturated carbocycles. The van der Waals surface area contributed by atoms with Crippen molar-refractivity contribution in [2.45, 2.75) is 76.0 Å². The van der Waals surface area contributed by atoms with E-state index < -0.39 is 42.4 Å². The summed E-state index contributed by atoms with van der Waals surface area (Å²) >= 11 is 0. The van der Waals surface area contributed by atoms with Gasteiger partial charge in [0, 0.05) is 60.9 Å². The lowest BCUT2D eigenvalue weighted by atomic mass is 9.82. The molecule has 1 N–H and O–H groups in total. The van der Waals surface area contributed by atoms with Crippen LogP contribution in [-0.4, -0.2) is 66.9 Å². The number of carbonyl (C=O) groups is 3. The number of nitro benzene ring substituents is 1. The molecule has 3 heterocycles. The number of non-ortho nitro benzene ring substituents is 1. The lowest BCUT2D eigenvalue weighted by Gasteiger charge is -2.31. The van der Waals surface area contributed by atoms with Crippen molar-refractivity contribution in [3.63, 3.8) is 0 Å². The van der Waals surface area contributed by atoms with Crippen LogP contribution in [0, 0.1) is 16.0 Å². The van der Waals surface area contributed by atoms with Gasteiger partial charge in [-0.15, -0.1) is 0 Å². The van der Waals surface area contributed by atoms with Gasteiger partial charge in [0.05, 0.1) is 36.3 Å². The van der Waals surface area contributed by atoms with Crippen molar-refractivity contribution in [1.29, 1.82) is 0 Å². The van der Waals surface area contributed by atoms with Crippen LogP contribution in [0.25, 0.3) is 0 Å². The Labute approximate surface area is 292 Å². The summed E-state index contributed by atoms with van der Waals surface area (Å²) in [5.41, 5.74) is 0.343. The van der Waals surface area contributed by atoms with Crippen molar-refractivity contribution in [2.24, 2.45) is 5.92 Å². The molecule has 0 bridgehead atoms. The van der Waals surface area contributed by atoms with E-state index in [1.165, 1.54) is 41.1 Å². The number of aliphatic hydroxyl groups excluding tert-OH is 1. The molecule has 6 rings (SSSR count). The molecule has 11 nitrogen and oxygen atoms in total. The molecule has 0 unspecified atom stereocenters. The number of ether oxygens (including phenoxy) is 1. The van der Waals surface area contributed by atoms with Crippen LogP contribution in [0.4, 0.5) is 21.2 Å². The van der Waals surface area contributed by atoms with E-state index in [2.05, 4.69) is 0 Å². The molecule has 3 aliphatic rings. The van der Waals surface area contributed by atoms with Crippen LogP contribution in [0.3, 0.4) is 0 Å². The van der Waals surface area contributed by atoms with Crippen LogP contribution in [0.2, 0.25) is 18.6 Å². The zero-order chi connectivity index (χ0) is 35.8. The van der Waals surface area contributed by atoms with Crippen LogP contribution >= 0.6 is 0 Å². The third-order valence-electron chi connectivity index (χ3n) is 10.4. The number of aliphatic hydroxyl groups is 1. The first-order valence-electron chi connectivity index (χ1n) is 17.1. The van der Waals surface area contributed by atoms with Crippen LogP contribution in [0.15, 0.2) is 72.8 Å². The Kier molecular flexibility index (Phi) is 9.93. The fourth-order valence-corrected chi connectivity index (χ4v) is 10.6. The van der Waals surface area contributed by atoms with E-state index in [-0.39, 0.29) is 55.7 Å². The maximum atomic E-state index is 16.4. The SMILES string of the molecule is C[C@H]1[C@H]([Si](C)(C)F)[C@@H](CC(=O)N(CCO)Cc2ccccc2)O[C@]12C(=O)N(Cc1ccc(N3CCCCC3=O)cc1)c1ccc([N+](=O)[O-])cc12. The zero-order valence-corrected chi connectivity index (χ0v) is 29.6. The fraction of sp³-hybridized carbons (Fsp3) is 0.432. The molecule has 264 valence electrons. The minimum absolute atomic E-state index is 0.0642. The average molecular weight is 703 g/mol. The highest BCUT2D eigenvalue weighted by atomic mass is 28.4. The smallest absolute Gasteiger partial charge is 0.269 e. The molecular weight excluding hydrogens is 660 g/mol. The normalized spacial score (nSPS) is 23.4. The number of piperidine rings is 1. The summed E-state index contributed by atoms with van der Waals surface area (Å²) in [6.07, 6.45) is 1.09. The van der Waals surface area contributed by atoms with Gasteiger partial charge in [-0.2, -0.15) is 0 Å². The largest absolute Gasteiger partial charge is 0.395 e. The third kappa shape index (κ3) is 6.57. The number of fused-ring (bicyclic) bond motifs is 2. The first-order valence-corrected chi connectivity index (χ1v) is 20.1. The lowest BCUT2D eigenvalue weighted by Crippen LogP contribution is -2.45. The predicted octanol–water partition coefficient (Wildman–Crippen LogP) is 5.84. The van der Waals surface area contributed by atoms with E-state index in [1.54, 1.807) is 11.8 Å². The highest BCUT2D eigenvalue weighted by Crippen LogP contribution is 2.60. The molecule has 3 aromatic rings. The van der Waals surface area contributed by atoms with Gasteiger partial charge >= 0.3 is 0 Å². The number of anilines is 2. The Morgan fingerprint density at radius 1 is 1.08 bits per heavy atom. The van der Waals surface area contributed by atoms with E-state index in [0.717, 1.165) is 29.7 Å². The summed E-state index contributed by atoms with van der Waals surface area (Å²) < 4.78 is 23.1. The molecule has 3 aromatic carbocycles. The number of nitrogens with zero attached hydrogens (tertiary/aromatic N) is 4. The van der Waals surface area contributed by atoms with E-state index in [1.807, 2.05) is 54.6 Å². The van der Waals surface area contributed by atoms with Gasteiger partial charge in [-0.1, -0.05) is 49.4 Å². The molecular formula is C37H43FN4O7Si. The van der Waals surface area contributed by atoms with Gasteiger partial charge < -0.3 is 28.7 Å². The highest BCUT2D eigenvalue weighted by molar-refractivity contribution is 6.72. The number of carbonyl (C=O) groups excluding carboxylic acids is 3. The molecule has 3 amide bonds. The molecule has 1 spiro atoms. The van der Waals surface area contributed by atoms with Crippen LogP contribution in [0.5, 0.6) is 0 Å². The van der Waals surface area contributed by atoms with E-state index in [0.29, 0.717) is 18.7 Å². The van der Waals surface area contributed by atoms with Gasteiger partial charge in [-0.3, -0.25) is 24.5 Å². The van der Waals surface area contributed by atoms with Gasteiger partial charge in [0.1, 0.15) is 0 Å². The van der Waals surface area contributed by atoms with E-state index in [4.69, 9.17) is 4.74 Å². The van der Waals surface area contributed by atoms with Crippen molar-refractivity contribution in [3.8, 4) is 0 Å². The van der Waals surface area contributed by atoms with Crippen molar-refractivity contribution >= 4 is 43.2 Å². The number of benzene rings is 3. The Balaban J connectivity index is 1.34. The summed E-state index contributed by atoms with van der Waals surface area (Å²) in [7, 11) is -3.63. The summed E-state index contributed by atoms with van der Waals surface area (Å²) in [6.45, 7) is 5.60. The van der Waals surface area contributed by atoms with E-state index >= 15 is 4.11 Å². The second kappa shape index (κ2) is 14.0. The van der Waals surface area contributed by atoms with Crippen molar-refractivity contribution in [2.75, 3.05) is 29.5 Å². The second-order valence-electron chi connectivity index (χ2n) is 14.0. The van der Waals surface area contributed by atoms with Crippen molar-refractivity contribution in [1.82, 2.24) is 4.90 Å². The topological polar surface area (TPSA) is 134 Å². The summed E-state index contributed by atoms with van der Waals surface area (Å²) in [5, 5.41) is 21.7. The predicted molar refractivity (Wildman–Crippen MR) is 189 cm³/mol. The number of hydrogen-bond donors (Lipinski definition) is 1. The maximum Gasteiger partial charge on any atom is 0.269 e. The van der Waals surface area contributed by atoms with Crippen molar-refractivity contribution in [3.05, 3.63) is 99.6 Å². The minimum Gasteiger partial charge on any atom is -0.395 e. The summed E-state index contributed by atoms with van der Waals surface area (Å²) in [5.74, 6) is -1.50. The number of nitro groups is 1. The standard InChI is InChI=1S/C37H43FN4O7Si/c1-25-35(50(2,3)38)32(22-34(45)39(19-20-43)23-26-9-5-4-6-10-26)49-37(25)30-21-29(42(47)48)16-17-31(30)41(36(37)46)24-27-12-14-28(15-13-27)40-18-8-7-11-33(40)44/h4-6,9-10,12-17,21,25,32,35,43H,7-8,11,18-20,22-24H2,1-3H3/t25-,32+,35-,37+/m0/s1. The Hall–Kier alpha value is -4.46. The maximum absolute atomic E-state index is 16.4. The fourth-order valence-electron chi connectivity index (χ4n) is 8.07.